The van der Waals surface area contributed by atoms with Gasteiger partial charge in [0.25, 0.3) is 0 Å². The molecule has 0 saturated heterocycles. The van der Waals surface area contributed by atoms with Crippen molar-refractivity contribution in [1.29, 1.82) is 0 Å². The normalized spacial score (nSPS) is 12.5. The summed E-state index contributed by atoms with van der Waals surface area (Å²) in [6.07, 6.45) is -0.741. The number of aliphatic carboxylic acids is 1. The molecule has 2 aromatic carbocycles. The predicted octanol–water partition coefficient (Wildman–Crippen LogP) is 4.46. The molecule has 0 heterocycles. The van der Waals surface area contributed by atoms with E-state index in [9.17, 15) is 9.90 Å². The molecule has 134 valence electrons. The fraction of sp³-hybridized carbons (Fsp3) is 0.381. The second kappa shape index (κ2) is 8.06. The van der Waals surface area contributed by atoms with Crippen LogP contribution in [0.15, 0.2) is 48.5 Å². The fourth-order valence-corrected chi connectivity index (χ4v) is 2.69. The van der Waals surface area contributed by atoms with E-state index in [0.717, 1.165) is 11.1 Å². The summed E-state index contributed by atoms with van der Waals surface area (Å²) in [5.74, 6) is 0.315. The van der Waals surface area contributed by atoms with Crippen LogP contribution in [0.1, 0.15) is 38.8 Å². The van der Waals surface area contributed by atoms with E-state index in [4.69, 9.17) is 9.47 Å². The Kier molecular flexibility index (Phi) is 6.07. The average Bonchev–Trinajstić information content (AvgIpc) is 2.55. The van der Waals surface area contributed by atoms with E-state index in [0.29, 0.717) is 18.1 Å². The van der Waals surface area contributed by atoms with Crippen molar-refractivity contribution in [1.82, 2.24) is 0 Å². The number of para-hydroxylation sites is 2. The summed E-state index contributed by atoms with van der Waals surface area (Å²) in [7, 11) is 0. The first kappa shape index (κ1) is 18.8. The molecule has 1 N–H and O–H groups in total. The Morgan fingerprint density at radius 3 is 2.24 bits per heavy atom. The minimum Gasteiger partial charge on any atom is -0.494 e. The van der Waals surface area contributed by atoms with Crippen molar-refractivity contribution in [2.75, 3.05) is 6.61 Å². The van der Waals surface area contributed by atoms with Crippen molar-refractivity contribution in [2.24, 2.45) is 0 Å². The first-order valence-corrected chi connectivity index (χ1v) is 8.52. The Labute approximate surface area is 149 Å². The topological polar surface area (TPSA) is 55.8 Å². The Morgan fingerprint density at radius 2 is 1.64 bits per heavy atom. The maximum atomic E-state index is 11.8. The number of benzene rings is 2. The van der Waals surface area contributed by atoms with Crippen LogP contribution >= 0.6 is 0 Å². The van der Waals surface area contributed by atoms with Gasteiger partial charge in [0.2, 0.25) is 0 Å². The van der Waals surface area contributed by atoms with Crippen LogP contribution in [0.25, 0.3) is 0 Å². The Balaban J connectivity index is 2.28. The monoisotopic (exact) mass is 342 g/mol. The molecule has 25 heavy (non-hydrogen) atoms. The van der Waals surface area contributed by atoms with Gasteiger partial charge < -0.3 is 14.6 Å². The highest BCUT2D eigenvalue weighted by molar-refractivity contribution is 5.73. The second-order valence-electron chi connectivity index (χ2n) is 6.94. The van der Waals surface area contributed by atoms with Gasteiger partial charge in [-0.05, 0) is 35.6 Å². The van der Waals surface area contributed by atoms with E-state index >= 15 is 0 Å². The molecule has 0 bridgehead atoms. The van der Waals surface area contributed by atoms with E-state index in [1.807, 2.05) is 55.5 Å². The van der Waals surface area contributed by atoms with Gasteiger partial charge in [0.15, 0.2) is 6.10 Å². The number of ether oxygens (including phenoxy) is 2. The number of carboxylic acids is 1. The molecular weight excluding hydrogens is 316 g/mol. The predicted molar refractivity (Wildman–Crippen MR) is 98.5 cm³/mol. The molecule has 1 unspecified atom stereocenters. The molecule has 0 aliphatic rings. The van der Waals surface area contributed by atoms with Crippen LogP contribution in [-0.2, 0) is 16.6 Å². The smallest absolute Gasteiger partial charge is 0.345 e. The SMILES string of the molecule is CCOc1ccccc1CC(Oc1ccccc1C(C)(C)C)C(=O)O. The van der Waals surface area contributed by atoms with E-state index in [1.165, 1.54) is 0 Å². The van der Waals surface area contributed by atoms with Crippen molar-refractivity contribution in [3.8, 4) is 11.5 Å². The van der Waals surface area contributed by atoms with Crippen molar-refractivity contribution >= 4 is 5.97 Å². The van der Waals surface area contributed by atoms with Gasteiger partial charge >= 0.3 is 5.97 Å². The number of hydrogen-bond acceptors (Lipinski definition) is 3. The first-order chi connectivity index (χ1) is 11.8. The zero-order chi connectivity index (χ0) is 18.4. The zero-order valence-electron chi connectivity index (χ0n) is 15.3. The van der Waals surface area contributed by atoms with E-state index in [2.05, 4.69) is 20.8 Å². The molecule has 0 fully saturated rings. The molecule has 1 atom stereocenters. The van der Waals surface area contributed by atoms with Crippen LogP contribution in [0.4, 0.5) is 0 Å². The second-order valence-corrected chi connectivity index (χ2v) is 6.94. The van der Waals surface area contributed by atoms with Gasteiger partial charge in [-0.15, -0.1) is 0 Å². The van der Waals surface area contributed by atoms with Crippen molar-refractivity contribution < 1.29 is 19.4 Å². The van der Waals surface area contributed by atoms with Gasteiger partial charge in [-0.2, -0.15) is 0 Å². The first-order valence-electron chi connectivity index (χ1n) is 8.52. The summed E-state index contributed by atoms with van der Waals surface area (Å²) in [4.78, 5) is 11.8. The average molecular weight is 342 g/mol. The number of rotatable bonds is 7. The van der Waals surface area contributed by atoms with E-state index in [1.54, 1.807) is 0 Å². The Morgan fingerprint density at radius 1 is 1.04 bits per heavy atom. The molecule has 2 aromatic rings. The molecule has 0 aromatic heterocycles. The van der Waals surface area contributed by atoms with Crippen LogP contribution in [0.5, 0.6) is 11.5 Å². The van der Waals surface area contributed by atoms with Gasteiger partial charge in [0.1, 0.15) is 11.5 Å². The summed E-state index contributed by atoms with van der Waals surface area (Å²) >= 11 is 0. The number of carbonyl (C=O) groups is 1. The minimum atomic E-state index is -0.991. The Hall–Kier alpha value is -2.49. The quantitative estimate of drug-likeness (QED) is 0.807. The van der Waals surface area contributed by atoms with Crippen LogP contribution < -0.4 is 9.47 Å². The zero-order valence-corrected chi connectivity index (χ0v) is 15.3. The summed E-state index contributed by atoms with van der Waals surface area (Å²) in [6, 6.07) is 15.1. The Bertz CT molecular complexity index is 716. The van der Waals surface area contributed by atoms with Gasteiger partial charge in [-0.1, -0.05) is 57.2 Å². The highest BCUT2D eigenvalue weighted by atomic mass is 16.5. The molecule has 0 saturated carbocycles. The maximum absolute atomic E-state index is 11.8. The van der Waals surface area contributed by atoms with Gasteiger partial charge in [0.05, 0.1) is 6.61 Å². The molecule has 0 spiro atoms. The number of carboxylic acid groups (broad SMARTS) is 1. The van der Waals surface area contributed by atoms with E-state index < -0.39 is 12.1 Å². The summed E-state index contributed by atoms with van der Waals surface area (Å²) in [5, 5.41) is 9.64. The third-order valence-electron chi connectivity index (χ3n) is 3.92. The third kappa shape index (κ3) is 4.99. The molecule has 0 aliphatic heterocycles. The molecule has 4 nitrogen and oxygen atoms in total. The highest BCUT2D eigenvalue weighted by Gasteiger charge is 2.25. The third-order valence-corrected chi connectivity index (χ3v) is 3.92. The molecule has 0 radical (unpaired) electrons. The largest absolute Gasteiger partial charge is 0.494 e. The fourth-order valence-electron chi connectivity index (χ4n) is 2.69. The lowest BCUT2D eigenvalue weighted by atomic mass is 9.86. The van der Waals surface area contributed by atoms with Crippen LogP contribution in [0.2, 0.25) is 0 Å². The lowest BCUT2D eigenvalue weighted by Crippen LogP contribution is -2.30. The summed E-state index contributed by atoms with van der Waals surface area (Å²) in [6.45, 7) is 8.67. The minimum absolute atomic E-state index is 0.136. The lowest BCUT2D eigenvalue weighted by molar-refractivity contribution is -0.145. The molecule has 0 amide bonds. The molecular formula is C21H26O4. The molecule has 0 aliphatic carbocycles. The highest BCUT2D eigenvalue weighted by Crippen LogP contribution is 2.32. The van der Waals surface area contributed by atoms with Crippen molar-refractivity contribution in [2.45, 2.75) is 45.6 Å². The summed E-state index contributed by atoms with van der Waals surface area (Å²) < 4.78 is 11.5. The molecule has 2 rings (SSSR count). The van der Waals surface area contributed by atoms with Crippen LogP contribution in [-0.4, -0.2) is 23.8 Å². The maximum Gasteiger partial charge on any atom is 0.345 e. The van der Waals surface area contributed by atoms with Gasteiger partial charge in [-0.3, -0.25) is 0 Å². The molecule has 4 heteroatoms. The van der Waals surface area contributed by atoms with Crippen molar-refractivity contribution in [3.63, 3.8) is 0 Å². The van der Waals surface area contributed by atoms with Crippen LogP contribution in [0, 0.1) is 0 Å². The van der Waals surface area contributed by atoms with Gasteiger partial charge in [-0.25, -0.2) is 4.79 Å². The number of hydrogen-bond donors (Lipinski definition) is 1. The van der Waals surface area contributed by atoms with Gasteiger partial charge in [0, 0.05) is 6.42 Å². The van der Waals surface area contributed by atoms with Crippen LogP contribution in [0.3, 0.4) is 0 Å². The summed E-state index contributed by atoms with van der Waals surface area (Å²) in [5.41, 5.74) is 1.67. The standard InChI is InChI=1S/C21H26O4/c1-5-24-17-12-8-6-10-15(17)14-19(20(22)23)25-18-13-9-7-11-16(18)21(2,3)4/h6-13,19H,5,14H2,1-4H3,(H,22,23). The van der Waals surface area contributed by atoms with E-state index in [-0.39, 0.29) is 11.8 Å². The lowest BCUT2D eigenvalue weighted by Gasteiger charge is -2.25. The van der Waals surface area contributed by atoms with Crippen molar-refractivity contribution in [3.05, 3.63) is 59.7 Å².